The zero-order chi connectivity index (χ0) is 10.5. The number of carbonyl (C=O) groups is 1. The molecule has 90 valence electrons. The average Bonchev–Trinajstić information content (AvgIpc) is 2.31. The van der Waals surface area contributed by atoms with E-state index >= 15 is 0 Å². The zero-order valence-corrected chi connectivity index (χ0v) is 10.5. The molecule has 0 unspecified atom stereocenters. The van der Waals surface area contributed by atoms with E-state index in [1.807, 2.05) is 18.2 Å². The second-order valence-electron chi connectivity index (χ2n) is 3.06. The van der Waals surface area contributed by atoms with Crippen molar-refractivity contribution in [3.8, 4) is 0 Å². The van der Waals surface area contributed by atoms with Crippen LogP contribution in [-0.4, -0.2) is 10.9 Å². The van der Waals surface area contributed by atoms with Crippen molar-refractivity contribution in [1.29, 1.82) is 0 Å². The van der Waals surface area contributed by atoms with Crippen molar-refractivity contribution >= 4 is 36.4 Å². The number of rotatable bonds is 2. The van der Waals surface area contributed by atoms with E-state index in [0.29, 0.717) is 11.3 Å². The van der Waals surface area contributed by atoms with Crippen LogP contribution in [0.15, 0.2) is 54.9 Å². The molecular formula is C12H12Cl2N2O. The van der Waals surface area contributed by atoms with Crippen LogP contribution in [0.25, 0.3) is 0 Å². The number of nitrogens with zero attached hydrogens (tertiary/aromatic N) is 1. The second kappa shape index (κ2) is 7.65. The summed E-state index contributed by atoms with van der Waals surface area (Å²) in [4.78, 5) is 15.6. The Balaban J connectivity index is 0.00000128. The smallest absolute Gasteiger partial charge is 0.255 e. The Morgan fingerprint density at radius 2 is 1.71 bits per heavy atom. The summed E-state index contributed by atoms with van der Waals surface area (Å²) in [6.07, 6.45) is 3.28. The van der Waals surface area contributed by atoms with Crippen LogP contribution < -0.4 is 5.32 Å². The molecular weight excluding hydrogens is 259 g/mol. The van der Waals surface area contributed by atoms with Gasteiger partial charge in [-0.05, 0) is 24.3 Å². The molecule has 0 spiro atoms. The van der Waals surface area contributed by atoms with E-state index in [0.717, 1.165) is 0 Å². The fraction of sp³-hybridized carbons (Fsp3) is 0. The largest absolute Gasteiger partial charge is 0.321 e. The third-order valence-corrected chi connectivity index (χ3v) is 1.96. The molecule has 0 atom stereocenters. The van der Waals surface area contributed by atoms with Crippen LogP contribution in [0.5, 0.6) is 0 Å². The first-order valence-electron chi connectivity index (χ1n) is 4.63. The molecule has 1 aromatic heterocycles. The molecule has 1 N–H and O–H groups in total. The summed E-state index contributed by atoms with van der Waals surface area (Å²) in [6, 6.07) is 12.7. The highest BCUT2D eigenvalue weighted by atomic mass is 35.5. The molecule has 17 heavy (non-hydrogen) atoms. The molecule has 0 bridgehead atoms. The van der Waals surface area contributed by atoms with Crippen molar-refractivity contribution in [2.45, 2.75) is 0 Å². The van der Waals surface area contributed by atoms with Gasteiger partial charge in [0, 0.05) is 11.8 Å². The van der Waals surface area contributed by atoms with Crippen LogP contribution >= 0.6 is 24.8 Å². The van der Waals surface area contributed by atoms with Gasteiger partial charge in [-0.15, -0.1) is 24.8 Å². The van der Waals surface area contributed by atoms with Crippen molar-refractivity contribution in [2.75, 3.05) is 5.32 Å². The maximum absolute atomic E-state index is 11.7. The molecule has 0 fully saturated rings. The molecule has 5 heteroatoms. The number of benzene rings is 1. The minimum atomic E-state index is -0.122. The first kappa shape index (κ1) is 15.4. The molecule has 1 aromatic carbocycles. The predicted molar refractivity (Wildman–Crippen MR) is 73.1 cm³/mol. The van der Waals surface area contributed by atoms with Gasteiger partial charge in [-0.1, -0.05) is 18.2 Å². The number of carbonyl (C=O) groups excluding carboxylic acids is 1. The molecule has 0 saturated carbocycles. The van der Waals surface area contributed by atoms with Crippen LogP contribution in [0.3, 0.4) is 0 Å². The standard InChI is InChI=1S/C12H10N2O.2ClH/c15-12(10-5-2-1-3-6-10)14-11-7-4-8-13-9-11;;/h1-9H,(H,14,15);2*1H. The topological polar surface area (TPSA) is 42.0 Å². The fourth-order valence-corrected chi connectivity index (χ4v) is 1.23. The molecule has 1 heterocycles. The molecule has 2 rings (SSSR count). The summed E-state index contributed by atoms with van der Waals surface area (Å²) in [5, 5.41) is 2.76. The second-order valence-corrected chi connectivity index (χ2v) is 3.06. The third-order valence-electron chi connectivity index (χ3n) is 1.96. The Kier molecular flexibility index (Phi) is 6.94. The fourth-order valence-electron chi connectivity index (χ4n) is 1.23. The van der Waals surface area contributed by atoms with Gasteiger partial charge in [-0.25, -0.2) is 0 Å². The van der Waals surface area contributed by atoms with E-state index in [-0.39, 0.29) is 30.7 Å². The predicted octanol–water partition coefficient (Wildman–Crippen LogP) is 3.18. The highest BCUT2D eigenvalue weighted by Crippen LogP contribution is 2.06. The summed E-state index contributed by atoms with van der Waals surface area (Å²) in [6.45, 7) is 0. The number of hydrogen-bond donors (Lipinski definition) is 1. The van der Waals surface area contributed by atoms with Crippen molar-refractivity contribution in [3.05, 3.63) is 60.4 Å². The van der Waals surface area contributed by atoms with Crippen LogP contribution in [0, 0.1) is 0 Å². The molecule has 2 aromatic rings. The summed E-state index contributed by atoms with van der Waals surface area (Å²) in [7, 11) is 0. The van der Waals surface area contributed by atoms with Crippen LogP contribution in [-0.2, 0) is 0 Å². The summed E-state index contributed by atoms with van der Waals surface area (Å²) in [5.74, 6) is -0.122. The Bertz CT molecular complexity index is 449. The SMILES string of the molecule is Cl.Cl.O=C(Nc1cccnc1)c1ccccc1. The molecule has 0 saturated heterocycles. The average molecular weight is 271 g/mol. The highest BCUT2D eigenvalue weighted by Gasteiger charge is 2.03. The number of halogens is 2. The minimum Gasteiger partial charge on any atom is -0.321 e. The first-order chi connectivity index (χ1) is 7.36. The van der Waals surface area contributed by atoms with Crippen LogP contribution in [0.4, 0.5) is 5.69 Å². The summed E-state index contributed by atoms with van der Waals surface area (Å²) < 4.78 is 0. The lowest BCUT2D eigenvalue weighted by Crippen LogP contribution is -2.11. The van der Waals surface area contributed by atoms with E-state index in [9.17, 15) is 4.79 Å². The monoisotopic (exact) mass is 270 g/mol. The van der Waals surface area contributed by atoms with E-state index in [1.54, 1.807) is 36.7 Å². The summed E-state index contributed by atoms with van der Waals surface area (Å²) >= 11 is 0. The van der Waals surface area contributed by atoms with Gasteiger partial charge in [-0.3, -0.25) is 9.78 Å². The van der Waals surface area contributed by atoms with Gasteiger partial charge in [0.1, 0.15) is 0 Å². The normalized spacial score (nSPS) is 8.47. The molecule has 3 nitrogen and oxygen atoms in total. The first-order valence-corrected chi connectivity index (χ1v) is 4.63. The number of hydrogen-bond acceptors (Lipinski definition) is 2. The summed E-state index contributed by atoms with van der Waals surface area (Å²) in [5.41, 5.74) is 1.34. The zero-order valence-electron chi connectivity index (χ0n) is 8.87. The van der Waals surface area contributed by atoms with Crippen molar-refractivity contribution in [1.82, 2.24) is 4.98 Å². The lowest BCUT2D eigenvalue weighted by molar-refractivity contribution is 0.102. The van der Waals surface area contributed by atoms with Gasteiger partial charge in [0.15, 0.2) is 0 Å². The third kappa shape index (κ3) is 4.43. The van der Waals surface area contributed by atoms with Crippen molar-refractivity contribution in [2.24, 2.45) is 0 Å². The maximum Gasteiger partial charge on any atom is 0.255 e. The molecule has 0 aliphatic rings. The Morgan fingerprint density at radius 3 is 2.29 bits per heavy atom. The van der Waals surface area contributed by atoms with Crippen molar-refractivity contribution in [3.63, 3.8) is 0 Å². The number of nitrogens with one attached hydrogen (secondary N) is 1. The van der Waals surface area contributed by atoms with Crippen LogP contribution in [0.2, 0.25) is 0 Å². The Labute approximate surface area is 112 Å². The number of amides is 1. The molecule has 0 radical (unpaired) electrons. The van der Waals surface area contributed by atoms with E-state index < -0.39 is 0 Å². The van der Waals surface area contributed by atoms with E-state index in [2.05, 4.69) is 10.3 Å². The molecule has 0 aliphatic carbocycles. The lowest BCUT2D eigenvalue weighted by atomic mass is 10.2. The minimum absolute atomic E-state index is 0. The lowest BCUT2D eigenvalue weighted by Gasteiger charge is -2.03. The maximum atomic E-state index is 11.7. The quantitative estimate of drug-likeness (QED) is 0.911. The molecule has 0 aliphatic heterocycles. The van der Waals surface area contributed by atoms with Gasteiger partial charge in [0.2, 0.25) is 0 Å². The number of anilines is 1. The van der Waals surface area contributed by atoms with Gasteiger partial charge in [0.25, 0.3) is 5.91 Å². The number of aromatic nitrogens is 1. The van der Waals surface area contributed by atoms with Crippen LogP contribution in [0.1, 0.15) is 10.4 Å². The Morgan fingerprint density at radius 1 is 1.00 bits per heavy atom. The number of pyridine rings is 1. The van der Waals surface area contributed by atoms with Crippen molar-refractivity contribution < 1.29 is 4.79 Å². The van der Waals surface area contributed by atoms with Gasteiger partial charge < -0.3 is 5.32 Å². The highest BCUT2D eigenvalue weighted by molar-refractivity contribution is 6.04. The van der Waals surface area contributed by atoms with E-state index in [1.165, 1.54) is 0 Å². The van der Waals surface area contributed by atoms with Gasteiger partial charge >= 0.3 is 0 Å². The van der Waals surface area contributed by atoms with E-state index in [4.69, 9.17) is 0 Å². The van der Waals surface area contributed by atoms with Gasteiger partial charge in [0.05, 0.1) is 11.9 Å². The van der Waals surface area contributed by atoms with Gasteiger partial charge in [-0.2, -0.15) is 0 Å². The molecule has 1 amide bonds. The Hall–Kier alpha value is -1.58.